The Morgan fingerprint density at radius 3 is 2.50 bits per heavy atom. The number of fused-ring (bicyclic) bond motifs is 1. The molecule has 3 rings (SSSR count). The van der Waals surface area contributed by atoms with Crippen LogP contribution in [-0.4, -0.2) is 24.2 Å². The van der Waals surface area contributed by atoms with Crippen molar-refractivity contribution in [1.82, 2.24) is 9.97 Å². The van der Waals surface area contributed by atoms with E-state index >= 15 is 0 Å². The van der Waals surface area contributed by atoms with Crippen molar-refractivity contribution < 1.29 is 13.9 Å². The van der Waals surface area contributed by atoms with E-state index in [1.165, 1.54) is 0 Å². The van der Waals surface area contributed by atoms with Crippen molar-refractivity contribution in [3.8, 4) is 23.0 Å². The maximum absolute atomic E-state index is 5.80. The van der Waals surface area contributed by atoms with Gasteiger partial charge in [0.1, 0.15) is 11.3 Å². The molecule has 0 unspecified atom stereocenters. The number of hydrogen-bond acceptors (Lipinski definition) is 5. The largest absolute Gasteiger partial charge is 0.497 e. The summed E-state index contributed by atoms with van der Waals surface area (Å²) < 4.78 is 16.9. The van der Waals surface area contributed by atoms with Crippen LogP contribution in [0.3, 0.4) is 0 Å². The Kier molecular flexibility index (Phi) is 3.47. The van der Waals surface area contributed by atoms with Crippen molar-refractivity contribution >= 4 is 33.8 Å². The van der Waals surface area contributed by atoms with E-state index in [2.05, 4.69) is 32.6 Å². The quantitative estimate of drug-likeness (QED) is 0.649. The van der Waals surface area contributed by atoms with Crippen molar-refractivity contribution in [1.29, 1.82) is 0 Å². The first kappa shape index (κ1) is 13.2. The van der Waals surface area contributed by atoms with Gasteiger partial charge in [0.15, 0.2) is 5.76 Å². The molecular weight excluding hydrogens is 371 g/mol. The lowest BCUT2D eigenvalue weighted by Crippen LogP contribution is -1.88. The highest BCUT2D eigenvalue weighted by Crippen LogP contribution is 2.34. The fourth-order valence-corrected chi connectivity index (χ4v) is 2.65. The Labute approximate surface area is 129 Å². The maximum Gasteiger partial charge on any atom is 0.250 e. The van der Waals surface area contributed by atoms with Gasteiger partial charge < -0.3 is 13.9 Å². The van der Waals surface area contributed by atoms with E-state index in [1.54, 1.807) is 20.4 Å². The Hall–Kier alpha value is -1.83. The third-order valence-corrected chi connectivity index (χ3v) is 3.89. The van der Waals surface area contributed by atoms with Crippen molar-refractivity contribution in [2.24, 2.45) is 0 Å². The first-order chi connectivity index (χ1) is 9.72. The molecule has 0 saturated carbocycles. The van der Waals surface area contributed by atoms with Crippen molar-refractivity contribution in [2.75, 3.05) is 14.2 Å². The molecule has 102 valence electrons. The van der Waals surface area contributed by atoms with E-state index in [4.69, 9.17) is 13.9 Å². The topological polar surface area (TPSA) is 57.4 Å². The molecule has 0 N–H and O–H groups in total. The van der Waals surface area contributed by atoms with Crippen LogP contribution in [0.1, 0.15) is 0 Å². The van der Waals surface area contributed by atoms with Crippen molar-refractivity contribution in [3.05, 3.63) is 34.0 Å². The van der Waals surface area contributed by atoms with E-state index in [1.807, 2.05) is 24.3 Å². The number of methoxy groups -OCH3 is 2. The molecule has 0 fully saturated rings. The van der Waals surface area contributed by atoms with E-state index in [0.717, 1.165) is 26.2 Å². The lowest BCUT2D eigenvalue weighted by atomic mass is 10.2. The second-order valence-corrected chi connectivity index (χ2v) is 5.12. The molecule has 2 heterocycles. The second kappa shape index (κ2) is 5.28. The van der Waals surface area contributed by atoms with E-state index in [-0.39, 0.29) is 0 Å². The summed E-state index contributed by atoms with van der Waals surface area (Å²) >= 11 is 2.21. The van der Waals surface area contributed by atoms with Crippen LogP contribution in [0.25, 0.3) is 22.6 Å². The number of ether oxygens (including phenoxy) is 2. The number of benzene rings is 1. The SMILES string of the molecule is COc1ccc(-c2oc3nc(OC)cnc3c2I)cc1. The first-order valence-electron chi connectivity index (χ1n) is 5.86. The molecule has 20 heavy (non-hydrogen) atoms. The average Bonchev–Trinajstić information content (AvgIpc) is 2.84. The average molecular weight is 382 g/mol. The molecule has 3 aromatic rings. The molecule has 0 bridgehead atoms. The van der Waals surface area contributed by atoms with Gasteiger partial charge in [0.05, 0.1) is 24.0 Å². The van der Waals surface area contributed by atoms with Gasteiger partial charge >= 0.3 is 0 Å². The van der Waals surface area contributed by atoms with Crippen LogP contribution in [0.4, 0.5) is 0 Å². The molecule has 0 saturated heterocycles. The molecule has 0 aliphatic rings. The Bertz CT molecular complexity index is 753. The van der Waals surface area contributed by atoms with Crippen LogP contribution < -0.4 is 9.47 Å². The summed E-state index contributed by atoms with van der Waals surface area (Å²) in [5.41, 5.74) is 2.16. The highest BCUT2D eigenvalue weighted by atomic mass is 127. The third-order valence-electron chi connectivity index (χ3n) is 2.89. The summed E-state index contributed by atoms with van der Waals surface area (Å²) in [6.07, 6.45) is 1.58. The third kappa shape index (κ3) is 2.20. The molecule has 2 aromatic heterocycles. The summed E-state index contributed by atoms with van der Waals surface area (Å²) in [6, 6.07) is 7.66. The summed E-state index contributed by atoms with van der Waals surface area (Å²) in [6.45, 7) is 0. The van der Waals surface area contributed by atoms with E-state index < -0.39 is 0 Å². The van der Waals surface area contributed by atoms with Gasteiger partial charge in [-0.1, -0.05) is 0 Å². The minimum Gasteiger partial charge on any atom is -0.497 e. The van der Waals surface area contributed by atoms with Crippen LogP contribution in [-0.2, 0) is 0 Å². The highest BCUT2D eigenvalue weighted by molar-refractivity contribution is 14.1. The molecule has 1 aromatic carbocycles. The molecule has 0 atom stereocenters. The summed E-state index contributed by atoms with van der Waals surface area (Å²) in [5, 5.41) is 0. The van der Waals surface area contributed by atoms with Gasteiger partial charge in [-0.3, -0.25) is 0 Å². The minimum absolute atomic E-state index is 0.434. The molecule has 0 spiro atoms. The van der Waals surface area contributed by atoms with Gasteiger partial charge in [-0.25, -0.2) is 4.98 Å². The van der Waals surface area contributed by atoms with Gasteiger partial charge in [-0.15, -0.1) is 0 Å². The second-order valence-electron chi connectivity index (χ2n) is 4.04. The number of furan rings is 1. The van der Waals surface area contributed by atoms with Crippen molar-refractivity contribution in [2.45, 2.75) is 0 Å². The van der Waals surface area contributed by atoms with E-state index in [9.17, 15) is 0 Å². The minimum atomic E-state index is 0.434. The van der Waals surface area contributed by atoms with E-state index in [0.29, 0.717) is 11.6 Å². The first-order valence-corrected chi connectivity index (χ1v) is 6.94. The lowest BCUT2D eigenvalue weighted by Gasteiger charge is -2.00. The standard InChI is InChI=1S/C14H11IN2O3/c1-18-9-5-3-8(4-6-9)13-11(15)12-14(20-13)17-10(19-2)7-16-12/h3-7H,1-2H3. The van der Waals surface area contributed by atoms with Crippen LogP contribution in [0, 0.1) is 3.57 Å². The van der Waals surface area contributed by atoms with Gasteiger partial charge in [-0.05, 0) is 46.9 Å². The van der Waals surface area contributed by atoms with Crippen LogP contribution in [0.2, 0.25) is 0 Å². The maximum atomic E-state index is 5.80. The molecule has 0 aliphatic heterocycles. The monoisotopic (exact) mass is 382 g/mol. The van der Waals surface area contributed by atoms with Gasteiger partial charge in [-0.2, -0.15) is 4.98 Å². The molecule has 6 heteroatoms. The molecule has 0 aliphatic carbocycles. The zero-order valence-electron chi connectivity index (χ0n) is 10.9. The normalized spacial score (nSPS) is 10.8. The predicted molar refractivity (Wildman–Crippen MR) is 83.1 cm³/mol. The summed E-state index contributed by atoms with van der Waals surface area (Å²) in [5.74, 6) is 1.98. The molecule has 5 nitrogen and oxygen atoms in total. The summed E-state index contributed by atoms with van der Waals surface area (Å²) in [4.78, 5) is 8.57. The number of hydrogen-bond donors (Lipinski definition) is 0. The van der Waals surface area contributed by atoms with Gasteiger partial charge in [0, 0.05) is 5.56 Å². The van der Waals surface area contributed by atoms with Crippen LogP contribution >= 0.6 is 22.6 Å². The Balaban J connectivity index is 2.12. The smallest absolute Gasteiger partial charge is 0.250 e. The zero-order chi connectivity index (χ0) is 14.1. The Morgan fingerprint density at radius 2 is 1.85 bits per heavy atom. The molecule has 0 amide bonds. The zero-order valence-corrected chi connectivity index (χ0v) is 13.0. The van der Waals surface area contributed by atoms with Crippen LogP contribution in [0.15, 0.2) is 34.9 Å². The Morgan fingerprint density at radius 1 is 1.10 bits per heavy atom. The van der Waals surface area contributed by atoms with Crippen LogP contribution in [0.5, 0.6) is 11.6 Å². The fourth-order valence-electron chi connectivity index (χ4n) is 1.85. The number of aromatic nitrogens is 2. The lowest BCUT2D eigenvalue weighted by molar-refractivity contribution is 0.395. The number of nitrogens with zero attached hydrogens (tertiary/aromatic N) is 2. The fraction of sp³-hybridized carbons (Fsp3) is 0.143. The van der Waals surface area contributed by atoms with Gasteiger partial charge in [0.25, 0.3) is 0 Å². The number of halogens is 1. The summed E-state index contributed by atoms with van der Waals surface area (Å²) in [7, 11) is 3.19. The molecule has 0 radical (unpaired) electrons. The van der Waals surface area contributed by atoms with Gasteiger partial charge in [0.2, 0.25) is 11.6 Å². The predicted octanol–water partition coefficient (Wildman–Crippen LogP) is 3.51. The number of rotatable bonds is 3. The van der Waals surface area contributed by atoms with Crippen molar-refractivity contribution in [3.63, 3.8) is 0 Å². The highest BCUT2D eigenvalue weighted by Gasteiger charge is 2.16. The molecular formula is C14H11IN2O3.